The molecule has 0 aliphatic carbocycles. The van der Waals surface area contributed by atoms with Crippen molar-refractivity contribution in [1.82, 2.24) is 4.90 Å². The number of nitrogens with one attached hydrogen (secondary N) is 1. The molecular weight excluding hydrogens is 432 g/mol. The number of hydrogen-bond acceptors (Lipinski definition) is 4. The van der Waals surface area contributed by atoms with Crippen molar-refractivity contribution in [2.45, 2.75) is 38.0 Å². The molecule has 2 heterocycles. The third-order valence-corrected chi connectivity index (χ3v) is 7.10. The van der Waals surface area contributed by atoms with Gasteiger partial charge in [0.1, 0.15) is 5.84 Å². The van der Waals surface area contributed by atoms with E-state index in [1.54, 1.807) is 17.0 Å². The van der Waals surface area contributed by atoms with Crippen LogP contribution in [0.2, 0.25) is 0 Å². The second-order valence-electron chi connectivity index (χ2n) is 9.41. The van der Waals surface area contributed by atoms with Gasteiger partial charge in [-0.2, -0.15) is 0 Å². The fraction of sp³-hybridized carbons (Fsp3) is 0.385. The Kier molecular flexibility index (Phi) is 6.68. The van der Waals surface area contributed by atoms with Gasteiger partial charge in [-0.25, -0.2) is 0 Å². The summed E-state index contributed by atoms with van der Waals surface area (Å²) >= 11 is 0. The van der Waals surface area contributed by atoms with Crippen molar-refractivity contribution >= 4 is 29.3 Å². The number of nitrogens with two attached hydrogens (primary N) is 1. The number of benzene rings is 2. The van der Waals surface area contributed by atoms with Crippen LogP contribution in [0.5, 0.6) is 0 Å². The molecular formula is C26H30N4O4. The number of carbonyl (C=O) groups is 3. The third kappa shape index (κ3) is 5.11. The summed E-state index contributed by atoms with van der Waals surface area (Å²) in [6.45, 7) is 1.74. The lowest BCUT2D eigenvalue weighted by Gasteiger charge is -2.39. The summed E-state index contributed by atoms with van der Waals surface area (Å²) in [5.41, 5.74) is 7.64. The number of hydrogen-bond donors (Lipinski definition) is 3. The summed E-state index contributed by atoms with van der Waals surface area (Å²) < 4.78 is 0. The minimum atomic E-state index is -0.917. The largest absolute Gasteiger partial charge is 0.481 e. The van der Waals surface area contributed by atoms with Gasteiger partial charge in [0, 0.05) is 55.1 Å². The van der Waals surface area contributed by atoms with Crippen LogP contribution in [0, 0.1) is 10.8 Å². The fourth-order valence-electron chi connectivity index (χ4n) is 5.10. The molecule has 2 fully saturated rings. The second-order valence-corrected chi connectivity index (χ2v) is 9.41. The maximum atomic E-state index is 13.0. The number of amidine groups is 1. The predicted molar refractivity (Wildman–Crippen MR) is 129 cm³/mol. The minimum Gasteiger partial charge on any atom is -0.481 e. The maximum Gasteiger partial charge on any atom is 0.303 e. The molecule has 2 aromatic carbocycles. The van der Waals surface area contributed by atoms with E-state index in [0.717, 1.165) is 24.1 Å². The quantitative estimate of drug-likeness (QED) is 0.431. The number of carboxylic acid groups (broad SMARTS) is 1. The number of nitrogens with zero attached hydrogens (tertiary/aromatic N) is 2. The van der Waals surface area contributed by atoms with Gasteiger partial charge >= 0.3 is 5.97 Å². The van der Waals surface area contributed by atoms with Crippen LogP contribution in [0.25, 0.3) is 0 Å². The topological polar surface area (TPSA) is 128 Å². The fourth-order valence-corrected chi connectivity index (χ4v) is 5.10. The molecule has 0 aromatic heterocycles. The second kappa shape index (κ2) is 9.67. The first-order valence-electron chi connectivity index (χ1n) is 11.6. The van der Waals surface area contributed by atoms with Crippen LogP contribution in [0.15, 0.2) is 54.6 Å². The lowest BCUT2D eigenvalue weighted by atomic mass is 9.77. The Morgan fingerprint density at radius 3 is 2.26 bits per heavy atom. The minimum absolute atomic E-state index is 0.00864. The van der Waals surface area contributed by atoms with Gasteiger partial charge in [-0.05, 0) is 42.7 Å². The first-order valence-corrected chi connectivity index (χ1v) is 11.6. The Hall–Kier alpha value is -3.68. The molecule has 4 rings (SSSR count). The highest BCUT2D eigenvalue weighted by Gasteiger charge is 2.46. The van der Waals surface area contributed by atoms with E-state index in [1.807, 2.05) is 47.4 Å². The molecule has 0 bridgehead atoms. The van der Waals surface area contributed by atoms with E-state index < -0.39 is 5.97 Å². The normalized spacial score (nSPS) is 18.2. The molecule has 1 atom stereocenters. The number of nitrogen functional groups attached to an aromatic ring is 1. The van der Waals surface area contributed by atoms with Crippen molar-refractivity contribution in [3.05, 3.63) is 65.7 Å². The average molecular weight is 463 g/mol. The van der Waals surface area contributed by atoms with Crippen LogP contribution in [0.1, 0.15) is 49.1 Å². The first kappa shape index (κ1) is 23.5. The van der Waals surface area contributed by atoms with Crippen LogP contribution in [0.3, 0.4) is 0 Å². The molecule has 2 aliphatic rings. The Bertz CT molecular complexity index is 1080. The highest BCUT2D eigenvalue weighted by atomic mass is 16.4. The zero-order chi connectivity index (χ0) is 24.3. The number of aliphatic carboxylic acids is 1. The Morgan fingerprint density at radius 2 is 1.68 bits per heavy atom. The van der Waals surface area contributed by atoms with Gasteiger partial charge in [-0.1, -0.05) is 30.3 Å². The zero-order valence-electron chi connectivity index (χ0n) is 19.1. The number of piperidine rings is 1. The highest BCUT2D eigenvalue weighted by molar-refractivity contribution is 5.98. The summed E-state index contributed by atoms with van der Waals surface area (Å²) in [5.74, 6) is -1.25. The van der Waals surface area contributed by atoms with Gasteiger partial charge in [0.05, 0.1) is 6.42 Å². The van der Waals surface area contributed by atoms with Crippen LogP contribution in [-0.2, 0) is 14.4 Å². The van der Waals surface area contributed by atoms with Crippen LogP contribution in [0.4, 0.5) is 5.69 Å². The monoisotopic (exact) mass is 462 g/mol. The molecule has 0 radical (unpaired) electrons. The summed E-state index contributed by atoms with van der Waals surface area (Å²) in [6, 6.07) is 16.5. The summed E-state index contributed by atoms with van der Waals surface area (Å²) in [4.78, 5) is 40.8. The van der Waals surface area contributed by atoms with Crippen LogP contribution < -0.4 is 10.6 Å². The molecule has 2 amide bonds. The van der Waals surface area contributed by atoms with Crippen molar-refractivity contribution in [1.29, 1.82) is 5.41 Å². The van der Waals surface area contributed by atoms with E-state index in [0.29, 0.717) is 31.6 Å². The van der Waals surface area contributed by atoms with Crippen molar-refractivity contribution in [2.75, 3.05) is 24.5 Å². The maximum absolute atomic E-state index is 13.0. The van der Waals surface area contributed by atoms with E-state index in [-0.39, 0.29) is 41.8 Å². The predicted octanol–water partition coefficient (Wildman–Crippen LogP) is 2.96. The molecule has 2 aliphatic heterocycles. The molecule has 2 aromatic rings. The van der Waals surface area contributed by atoms with Crippen LogP contribution >= 0.6 is 0 Å². The molecule has 4 N–H and O–H groups in total. The molecule has 34 heavy (non-hydrogen) atoms. The summed E-state index contributed by atoms with van der Waals surface area (Å²) in [5, 5.41) is 16.8. The smallest absolute Gasteiger partial charge is 0.303 e. The van der Waals surface area contributed by atoms with Crippen molar-refractivity contribution in [2.24, 2.45) is 11.1 Å². The molecule has 1 spiro atoms. The van der Waals surface area contributed by atoms with E-state index in [9.17, 15) is 19.5 Å². The molecule has 8 heteroatoms. The van der Waals surface area contributed by atoms with Crippen molar-refractivity contribution in [3.63, 3.8) is 0 Å². The number of rotatable bonds is 7. The number of likely N-dealkylation sites (tertiary alicyclic amines) is 1. The molecule has 1 unspecified atom stereocenters. The third-order valence-electron chi connectivity index (χ3n) is 7.10. The Balaban J connectivity index is 1.37. The molecule has 178 valence electrons. The lowest BCUT2D eigenvalue weighted by Crippen LogP contribution is -2.44. The SMILES string of the molecule is N=C(N)c1ccc(N2CC3(CCN(C(=O)CC(CC(=O)O)c4ccccc4)CC3)CC2=O)cc1. The zero-order valence-corrected chi connectivity index (χ0v) is 19.1. The van der Waals surface area contributed by atoms with Crippen LogP contribution in [-0.4, -0.2) is 53.3 Å². The number of carboxylic acids is 1. The van der Waals surface area contributed by atoms with Gasteiger partial charge in [-0.15, -0.1) is 0 Å². The summed E-state index contributed by atoms with van der Waals surface area (Å²) in [7, 11) is 0. The highest BCUT2D eigenvalue weighted by Crippen LogP contribution is 2.43. The van der Waals surface area contributed by atoms with Gasteiger partial charge in [0.25, 0.3) is 0 Å². The van der Waals surface area contributed by atoms with E-state index >= 15 is 0 Å². The van der Waals surface area contributed by atoms with Gasteiger partial charge < -0.3 is 20.6 Å². The van der Waals surface area contributed by atoms with E-state index in [1.165, 1.54) is 0 Å². The number of anilines is 1. The standard InChI is InChI=1S/C26H30N4O4/c27-25(28)19-6-8-21(9-7-19)30-17-26(16-23(30)32)10-12-29(13-11-26)22(31)14-20(15-24(33)34)18-4-2-1-3-5-18/h1-9,20H,10-17H2,(H3,27,28)(H,33,34). The van der Waals surface area contributed by atoms with Crippen molar-refractivity contribution in [3.8, 4) is 0 Å². The van der Waals surface area contributed by atoms with Gasteiger partial charge in [0.15, 0.2) is 0 Å². The van der Waals surface area contributed by atoms with E-state index in [2.05, 4.69) is 0 Å². The summed E-state index contributed by atoms with van der Waals surface area (Å²) in [6.07, 6.45) is 2.01. The number of amides is 2. The number of carbonyl (C=O) groups excluding carboxylic acids is 2. The average Bonchev–Trinajstić information content (AvgIpc) is 3.14. The molecule has 2 saturated heterocycles. The van der Waals surface area contributed by atoms with Gasteiger partial charge in [0.2, 0.25) is 11.8 Å². The van der Waals surface area contributed by atoms with Crippen molar-refractivity contribution < 1.29 is 19.5 Å². The Labute approximate surface area is 198 Å². The lowest BCUT2D eigenvalue weighted by molar-refractivity contribution is -0.138. The van der Waals surface area contributed by atoms with Gasteiger partial charge in [-0.3, -0.25) is 19.8 Å². The molecule has 0 saturated carbocycles. The Morgan fingerprint density at radius 1 is 1.03 bits per heavy atom. The first-order chi connectivity index (χ1) is 16.3. The van der Waals surface area contributed by atoms with E-state index in [4.69, 9.17) is 11.1 Å². The molecule has 8 nitrogen and oxygen atoms in total.